The fraction of sp³-hybridized carbons (Fsp3) is 0.688. The Hall–Kier alpha value is -1.18. The van der Waals surface area contributed by atoms with Gasteiger partial charge in [0.25, 0.3) is 5.82 Å². The van der Waals surface area contributed by atoms with E-state index in [0.717, 1.165) is 5.82 Å². The van der Waals surface area contributed by atoms with E-state index in [1.807, 2.05) is 6.07 Å². The number of nitrogens with one attached hydrogen (secondary N) is 2. The van der Waals surface area contributed by atoms with Crippen LogP contribution in [-0.4, -0.2) is 45.1 Å². The van der Waals surface area contributed by atoms with E-state index < -0.39 is 10.0 Å². The maximum atomic E-state index is 12.6. The van der Waals surface area contributed by atoms with Crippen LogP contribution in [0.3, 0.4) is 0 Å². The van der Waals surface area contributed by atoms with Crippen molar-refractivity contribution >= 4 is 15.8 Å². The van der Waals surface area contributed by atoms with Crippen LogP contribution in [0.5, 0.6) is 0 Å². The minimum atomic E-state index is -3.43. The van der Waals surface area contributed by atoms with E-state index in [1.165, 1.54) is 30.0 Å². The van der Waals surface area contributed by atoms with Gasteiger partial charge in [0.05, 0.1) is 19.3 Å². The summed E-state index contributed by atoms with van der Waals surface area (Å²) in [4.78, 5) is 3.41. The van der Waals surface area contributed by atoms with Gasteiger partial charge in [-0.3, -0.25) is 5.32 Å². The number of H-pyrrole nitrogens is 1. The number of aromatic nitrogens is 1. The molecule has 0 bridgehead atoms. The van der Waals surface area contributed by atoms with Crippen LogP contribution in [0.25, 0.3) is 0 Å². The van der Waals surface area contributed by atoms with Crippen molar-refractivity contribution in [3.8, 4) is 0 Å². The number of hydrogen-bond donors (Lipinski definition) is 1. The van der Waals surface area contributed by atoms with Crippen LogP contribution in [-0.2, 0) is 14.8 Å². The number of ether oxygens (including phenoxy) is 1. The fourth-order valence-electron chi connectivity index (χ4n) is 3.33. The lowest BCUT2D eigenvalue weighted by atomic mass is 9.86. The predicted octanol–water partition coefficient (Wildman–Crippen LogP) is 1.51. The summed E-state index contributed by atoms with van der Waals surface area (Å²) in [5.74, 6) is 1.53. The topological polar surface area (TPSA) is 72.8 Å². The van der Waals surface area contributed by atoms with Gasteiger partial charge >= 0.3 is 0 Å². The SMILES string of the molecule is C[C@@H]1CCCC[C@@H]1Nc1ccc(S(=O)(=O)N2CCOCC2)c[nH+]1. The number of nitrogens with zero attached hydrogens (tertiary/aromatic N) is 1. The van der Waals surface area contributed by atoms with Gasteiger partial charge in [-0.25, -0.2) is 13.4 Å². The molecule has 2 fully saturated rings. The smallest absolute Gasteiger partial charge is 0.272 e. The van der Waals surface area contributed by atoms with Gasteiger partial charge in [-0.2, -0.15) is 4.31 Å². The van der Waals surface area contributed by atoms with E-state index in [4.69, 9.17) is 4.74 Å². The molecule has 1 aliphatic heterocycles. The van der Waals surface area contributed by atoms with Crippen molar-refractivity contribution in [1.82, 2.24) is 4.31 Å². The summed E-state index contributed by atoms with van der Waals surface area (Å²) >= 11 is 0. The summed E-state index contributed by atoms with van der Waals surface area (Å²) in [6.45, 7) is 4.03. The van der Waals surface area contributed by atoms with Gasteiger partial charge in [0.2, 0.25) is 10.0 Å². The molecule has 3 rings (SSSR count). The second-order valence-electron chi connectivity index (χ2n) is 6.47. The van der Waals surface area contributed by atoms with Gasteiger partial charge in [-0.15, -0.1) is 0 Å². The third-order valence-corrected chi connectivity index (χ3v) is 6.74. The van der Waals surface area contributed by atoms with E-state index >= 15 is 0 Å². The number of sulfonamides is 1. The highest BCUT2D eigenvalue weighted by Gasteiger charge is 2.28. The first-order valence-corrected chi connectivity index (χ1v) is 9.87. The van der Waals surface area contributed by atoms with Crippen molar-refractivity contribution < 1.29 is 18.1 Å². The highest BCUT2D eigenvalue weighted by atomic mass is 32.2. The highest BCUT2D eigenvalue weighted by Crippen LogP contribution is 2.26. The lowest BCUT2D eigenvalue weighted by molar-refractivity contribution is -0.364. The molecule has 2 aliphatic rings. The van der Waals surface area contributed by atoms with Gasteiger partial charge in [-0.05, 0) is 31.2 Å². The first-order valence-electron chi connectivity index (χ1n) is 8.43. The monoisotopic (exact) mass is 340 g/mol. The summed E-state index contributed by atoms with van der Waals surface area (Å²) in [5.41, 5.74) is 0. The molecule has 1 aromatic rings. The summed E-state index contributed by atoms with van der Waals surface area (Å²) in [5, 5.41) is 3.50. The van der Waals surface area contributed by atoms with Crippen molar-refractivity contribution in [2.45, 2.75) is 43.5 Å². The lowest BCUT2D eigenvalue weighted by Crippen LogP contribution is -2.41. The zero-order valence-electron chi connectivity index (χ0n) is 13.6. The molecule has 0 aromatic carbocycles. The number of aromatic amines is 1. The van der Waals surface area contributed by atoms with Gasteiger partial charge in [0.15, 0.2) is 0 Å². The largest absolute Gasteiger partial charge is 0.379 e. The fourth-order valence-corrected chi connectivity index (χ4v) is 4.70. The summed E-state index contributed by atoms with van der Waals surface area (Å²) in [6.07, 6.45) is 6.57. The Kier molecular flexibility index (Phi) is 5.18. The number of morpholine rings is 1. The predicted molar refractivity (Wildman–Crippen MR) is 87.6 cm³/mol. The Morgan fingerprint density at radius 3 is 2.61 bits per heavy atom. The van der Waals surface area contributed by atoms with Crippen molar-refractivity contribution in [1.29, 1.82) is 0 Å². The zero-order chi connectivity index (χ0) is 16.3. The van der Waals surface area contributed by atoms with Crippen molar-refractivity contribution in [3.05, 3.63) is 18.3 Å². The lowest BCUT2D eigenvalue weighted by Gasteiger charge is -2.26. The molecule has 0 amide bonds. The van der Waals surface area contributed by atoms with Crippen molar-refractivity contribution in [2.24, 2.45) is 5.92 Å². The second-order valence-corrected chi connectivity index (χ2v) is 8.41. The van der Waals surface area contributed by atoms with Crippen LogP contribution >= 0.6 is 0 Å². The summed E-state index contributed by atoms with van der Waals surface area (Å²) in [7, 11) is -3.43. The van der Waals surface area contributed by atoms with Crippen LogP contribution in [0.1, 0.15) is 32.6 Å². The third-order valence-electron chi connectivity index (χ3n) is 4.84. The van der Waals surface area contributed by atoms with Crippen LogP contribution < -0.4 is 10.3 Å². The Labute approximate surface area is 138 Å². The molecule has 23 heavy (non-hydrogen) atoms. The van der Waals surface area contributed by atoms with Crippen LogP contribution in [0.15, 0.2) is 23.2 Å². The first kappa shape index (κ1) is 16.7. The van der Waals surface area contributed by atoms with Crippen LogP contribution in [0.2, 0.25) is 0 Å². The van der Waals surface area contributed by atoms with E-state index in [2.05, 4.69) is 17.2 Å². The van der Waals surface area contributed by atoms with Crippen molar-refractivity contribution in [2.75, 3.05) is 31.6 Å². The normalized spacial score (nSPS) is 26.8. The Morgan fingerprint density at radius 2 is 1.96 bits per heavy atom. The highest BCUT2D eigenvalue weighted by molar-refractivity contribution is 7.89. The molecule has 2 heterocycles. The zero-order valence-corrected chi connectivity index (χ0v) is 14.4. The Bertz CT molecular complexity index is 612. The third kappa shape index (κ3) is 3.84. The summed E-state index contributed by atoms with van der Waals surface area (Å²) in [6, 6.07) is 3.97. The van der Waals surface area contributed by atoms with E-state index in [-0.39, 0.29) is 0 Å². The molecule has 6 nitrogen and oxygen atoms in total. The average Bonchev–Trinajstić information content (AvgIpc) is 2.58. The number of hydrogen-bond acceptors (Lipinski definition) is 4. The van der Waals surface area contributed by atoms with E-state index in [0.29, 0.717) is 43.2 Å². The van der Waals surface area contributed by atoms with Crippen LogP contribution in [0, 0.1) is 5.92 Å². The standard InChI is InChI=1S/C16H25N3O3S/c1-13-4-2-3-5-15(13)18-16-7-6-14(12-17-16)23(20,21)19-8-10-22-11-9-19/h6-7,12-13,15H,2-5,8-11H2,1H3,(H,17,18)/p+1/t13-,15+/m1/s1. The van der Waals surface area contributed by atoms with Gasteiger partial charge in [-0.1, -0.05) is 13.3 Å². The quantitative estimate of drug-likeness (QED) is 0.902. The molecule has 1 aromatic heterocycles. The number of anilines is 1. The molecule has 2 N–H and O–H groups in total. The molecular formula is C16H26N3O3S+. The number of rotatable bonds is 4. The molecule has 0 spiro atoms. The molecular weight excluding hydrogens is 314 g/mol. The second kappa shape index (κ2) is 7.15. The Morgan fingerprint density at radius 1 is 1.22 bits per heavy atom. The number of pyridine rings is 1. The van der Waals surface area contributed by atoms with Crippen LogP contribution in [0.4, 0.5) is 5.82 Å². The average molecular weight is 340 g/mol. The Balaban J connectivity index is 1.68. The van der Waals surface area contributed by atoms with E-state index in [1.54, 1.807) is 12.3 Å². The first-order chi connectivity index (χ1) is 11.1. The minimum Gasteiger partial charge on any atom is -0.379 e. The van der Waals surface area contributed by atoms with Gasteiger partial charge in [0, 0.05) is 19.2 Å². The van der Waals surface area contributed by atoms with E-state index in [9.17, 15) is 8.42 Å². The molecule has 7 heteroatoms. The molecule has 1 saturated heterocycles. The molecule has 1 aliphatic carbocycles. The molecule has 0 radical (unpaired) electrons. The molecule has 2 atom stereocenters. The van der Waals surface area contributed by atoms with Gasteiger partial charge in [0.1, 0.15) is 11.1 Å². The maximum absolute atomic E-state index is 12.6. The molecule has 1 saturated carbocycles. The minimum absolute atomic E-state index is 0.307. The molecule has 0 unspecified atom stereocenters. The van der Waals surface area contributed by atoms with Gasteiger partial charge < -0.3 is 4.74 Å². The maximum Gasteiger partial charge on any atom is 0.272 e. The van der Waals surface area contributed by atoms with Crippen molar-refractivity contribution in [3.63, 3.8) is 0 Å². The summed E-state index contributed by atoms with van der Waals surface area (Å²) < 4.78 is 31.8. The molecule has 128 valence electrons.